The van der Waals surface area contributed by atoms with E-state index in [9.17, 15) is 13.2 Å². The number of amides is 1. The van der Waals surface area contributed by atoms with Gasteiger partial charge in [-0.15, -0.1) is 5.10 Å². The van der Waals surface area contributed by atoms with Gasteiger partial charge in [-0.2, -0.15) is 4.68 Å². The van der Waals surface area contributed by atoms with Crippen LogP contribution in [0.4, 0.5) is 0 Å². The van der Waals surface area contributed by atoms with Gasteiger partial charge >= 0.3 is 0 Å². The molecule has 9 nitrogen and oxygen atoms in total. The Morgan fingerprint density at radius 2 is 2.04 bits per heavy atom. The molecule has 1 saturated heterocycles. The summed E-state index contributed by atoms with van der Waals surface area (Å²) in [5, 5.41) is 14.1. The topological polar surface area (TPSA) is 116 Å². The fraction of sp³-hybridized carbons (Fsp3) is 0.467. The number of tetrazole rings is 1. The van der Waals surface area contributed by atoms with Gasteiger partial charge in [-0.1, -0.05) is 12.1 Å². The largest absolute Gasteiger partial charge is 0.378 e. The Morgan fingerprint density at radius 1 is 1.32 bits per heavy atom. The van der Waals surface area contributed by atoms with E-state index in [1.165, 1.54) is 7.11 Å². The second-order valence-electron chi connectivity index (χ2n) is 6.01. The standard InChI is InChI=1S/C15H19N5O4S/c1-10-17-18-19-20(10)12-5-3-11(4-6-12)7-15(21)16-13-8-25(22,23)9-14(13)24-2/h3-6,13-14H,7-9H2,1-2H3,(H,16,21)/t13-,14-/m1/s1. The molecule has 1 fully saturated rings. The smallest absolute Gasteiger partial charge is 0.224 e. The molecule has 1 N–H and O–H groups in total. The highest BCUT2D eigenvalue weighted by molar-refractivity contribution is 7.91. The van der Waals surface area contributed by atoms with Crippen molar-refractivity contribution in [3.63, 3.8) is 0 Å². The van der Waals surface area contributed by atoms with Gasteiger partial charge in [-0.25, -0.2) is 8.42 Å². The monoisotopic (exact) mass is 365 g/mol. The van der Waals surface area contributed by atoms with Crippen LogP contribution in [-0.4, -0.2) is 65.3 Å². The number of rotatable bonds is 5. The molecule has 1 aliphatic rings. The number of aryl methyl sites for hydroxylation is 1. The van der Waals surface area contributed by atoms with Crippen LogP contribution >= 0.6 is 0 Å². The van der Waals surface area contributed by atoms with Crippen molar-refractivity contribution in [2.45, 2.75) is 25.5 Å². The first-order valence-corrected chi connectivity index (χ1v) is 9.57. The van der Waals surface area contributed by atoms with Crippen molar-refractivity contribution in [3.05, 3.63) is 35.7 Å². The van der Waals surface area contributed by atoms with Crippen LogP contribution in [0.1, 0.15) is 11.4 Å². The highest BCUT2D eigenvalue weighted by Gasteiger charge is 2.38. The van der Waals surface area contributed by atoms with Crippen LogP contribution in [0.3, 0.4) is 0 Å². The number of benzene rings is 1. The zero-order valence-electron chi connectivity index (χ0n) is 13.9. The van der Waals surface area contributed by atoms with Crippen molar-refractivity contribution >= 4 is 15.7 Å². The van der Waals surface area contributed by atoms with Crippen LogP contribution < -0.4 is 5.32 Å². The second-order valence-corrected chi connectivity index (χ2v) is 8.16. The Morgan fingerprint density at radius 3 is 2.64 bits per heavy atom. The minimum absolute atomic E-state index is 0.0611. The highest BCUT2D eigenvalue weighted by Crippen LogP contribution is 2.16. The summed E-state index contributed by atoms with van der Waals surface area (Å²) in [6, 6.07) is 6.77. The Bertz CT molecular complexity index is 862. The zero-order valence-corrected chi connectivity index (χ0v) is 14.7. The molecule has 1 aliphatic heterocycles. The Labute approximate surface area is 145 Å². The van der Waals surface area contributed by atoms with Crippen LogP contribution in [-0.2, 0) is 25.8 Å². The number of hydrogen-bond donors (Lipinski definition) is 1. The molecule has 0 unspecified atom stereocenters. The SMILES string of the molecule is CO[C@@H]1CS(=O)(=O)C[C@H]1NC(=O)Cc1ccc(-n2nnnc2C)cc1. The summed E-state index contributed by atoms with van der Waals surface area (Å²) in [5.74, 6) is 0.275. The molecule has 2 aromatic rings. The first kappa shape index (κ1) is 17.5. The molecule has 0 spiro atoms. The molecular weight excluding hydrogens is 346 g/mol. The molecule has 25 heavy (non-hydrogen) atoms. The Kier molecular flexibility index (Phi) is 4.82. The quantitative estimate of drug-likeness (QED) is 0.755. The molecule has 134 valence electrons. The molecule has 0 bridgehead atoms. The van der Waals surface area contributed by atoms with Crippen molar-refractivity contribution in [1.82, 2.24) is 25.5 Å². The van der Waals surface area contributed by atoms with Gasteiger partial charge in [-0.3, -0.25) is 4.79 Å². The zero-order chi connectivity index (χ0) is 18.0. The van der Waals surface area contributed by atoms with Gasteiger partial charge in [0.2, 0.25) is 5.91 Å². The molecule has 3 rings (SSSR count). The summed E-state index contributed by atoms with van der Waals surface area (Å²) in [6.07, 6.45) is -0.346. The van der Waals surface area contributed by atoms with Crippen LogP contribution in [0.2, 0.25) is 0 Å². The van der Waals surface area contributed by atoms with E-state index in [0.29, 0.717) is 5.82 Å². The van der Waals surface area contributed by atoms with E-state index in [2.05, 4.69) is 20.8 Å². The van der Waals surface area contributed by atoms with Crippen LogP contribution in [0.25, 0.3) is 5.69 Å². The summed E-state index contributed by atoms with van der Waals surface area (Å²) in [5.41, 5.74) is 1.61. The predicted molar refractivity (Wildman–Crippen MR) is 89.0 cm³/mol. The first-order chi connectivity index (χ1) is 11.9. The van der Waals surface area contributed by atoms with Crippen molar-refractivity contribution in [2.24, 2.45) is 0 Å². The van der Waals surface area contributed by atoms with E-state index in [0.717, 1.165) is 11.3 Å². The van der Waals surface area contributed by atoms with Gasteiger partial charge < -0.3 is 10.1 Å². The number of sulfone groups is 1. The maximum atomic E-state index is 12.2. The van der Waals surface area contributed by atoms with Gasteiger partial charge in [-0.05, 0) is 35.0 Å². The van der Waals surface area contributed by atoms with Crippen molar-refractivity contribution in [2.75, 3.05) is 18.6 Å². The highest BCUT2D eigenvalue weighted by atomic mass is 32.2. The van der Waals surface area contributed by atoms with Crippen LogP contribution in [0, 0.1) is 6.92 Å². The van der Waals surface area contributed by atoms with Crippen LogP contribution in [0.15, 0.2) is 24.3 Å². The van der Waals surface area contributed by atoms with Gasteiger partial charge in [0, 0.05) is 7.11 Å². The number of methoxy groups -OCH3 is 1. The summed E-state index contributed by atoms with van der Waals surface area (Å²) in [4.78, 5) is 12.2. The maximum absolute atomic E-state index is 12.2. The van der Waals surface area contributed by atoms with Gasteiger partial charge in [0.25, 0.3) is 0 Å². The van der Waals surface area contributed by atoms with E-state index in [4.69, 9.17) is 4.74 Å². The third-order valence-corrected chi connectivity index (χ3v) is 5.82. The molecule has 0 radical (unpaired) electrons. The third-order valence-electron chi connectivity index (χ3n) is 4.12. The maximum Gasteiger partial charge on any atom is 0.224 e. The molecular formula is C15H19N5O4S. The van der Waals surface area contributed by atoms with Crippen molar-refractivity contribution in [1.29, 1.82) is 0 Å². The van der Waals surface area contributed by atoms with Crippen LogP contribution in [0.5, 0.6) is 0 Å². The lowest BCUT2D eigenvalue weighted by molar-refractivity contribution is -0.121. The predicted octanol–water partition coefficient (Wildman–Crippen LogP) is -0.559. The number of nitrogens with zero attached hydrogens (tertiary/aromatic N) is 4. The fourth-order valence-electron chi connectivity index (χ4n) is 2.85. The lowest BCUT2D eigenvalue weighted by atomic mass is 10.1. The molecule has 0 saturated carbocycles. The Hall–Kier alpha value is -2.33. The van der Waals surface area contributed by atoms with Gasteiger partial charge in [0.15, 0.2) is 15.7 Å². The van der Waals surface area contributed by atoms with E-state index in [1.54, 1.807) is 11.6 Å². The number of carbonyl (C=O) groups excluding carboxylic acids is 1. The second kappa shape index (κ2) is 6.89. The number of aromatic nitrogens is 4. The molecule has 1 aromatic heterocycles. The minimum atomic E-state index is -3.17. The summed E-state index contributed by atoms with van der Waals surface area (Å²) in [7, 11) is -1.72. The number of carbonyl (C=O) groups is 1. The van der Waals surface area contributed by atoms with E-state index in [-0.39, 0.29) is 23.8 Å². The lowest BCUT2D eigenvalue weighted by Crippen LogP contribution is -2.44. The van der Waals surface area contributed by atoms with E-state index < -0.39 is 22.0 Å². The number of ether oxygens (including phenoxy) is 1. The van der Waals surface area contributed by atoms with Crippen molar-refractivity contribution in [3.8, 4) is 5.69 Å². The van der Waals surface area contributed by atoms with Crippen molar-refractivity contribution < 1.29 is 17.9 Å². The summed E-state index contributed by atoms with van der Waals surface area (Å²) < 4.78 is 30.1. The molecule has 1 aromatic carbocycles. The third kappa shape index (κ3) is 4.02. The number of nitrogens with one attached hydrogen (secondary N) is 1. The molecule has 1 amide bonds. The molecule has 0 aliphatic carbocycles. The molecule has 10 heteroatoms. The van der Waals surface area contributed by atoms with E-state index in [1.807, 2.05) is 24.3 Å². The van der Waals surface area contributed by atoms with Gasteiger partial charge in [0.1, 0.15) is 0 Å². The minimum Gasteiger partial charge on any atom is -0.378 e. The Balaban J connectivity index is 1.62. The lowest BCUT2D eigenvalue weighted by Gasteiger charge is -2.18. The van der Waals surface area contributed by atoms with Gasteiger partial charge in [0.05, 0.1) is 35.8 Å². The van der Waals surface area contributed by atoms with E-state index >= 15 is 0 Å². The first-order valence-electron chi connectivity index (χ1n) is 7.75. The normalized spacial score (nSPS) is 22.0. The summed E-state index contributed by atoms with van der Waals surface area (Å²) >= 11 is 0. The molecule has 2 atom stereocenters. The number of hydrogen-bond acceptors (Lipinski definition) is 7. The summed E-state index contributed by atoms with van der Waals surface area (Å²) in [6.45, 7) is 1.79. The fourth-order valence-corrected chi connectivity index (χ4v) is 4.70. The molecule has 2 heterocycles. The average molecular weight is 365 g/mol. The average Bonchev–Trinajstić information content (AvgIpc) is 3.10.